The van der Waals surface area contributed by atoms with Gasteiger partial charge in [0.2, 0.25) is 5.91 Å². The van der Waals surface area contributed by atoms with Gasteiger partial charge in [0.05, 0.1) is 16.6 Å². The molecule has 1 aromatic carbocycles. The van der Waals surface area contributed by atoms with Crippen LogP contribution in [0.15, 0.2) is 22.7 Å². The normalized spacial score (nSPS) is 12.3. The molecular weight excluding hydrogens is 319 g/mol. The van der Waals surface area contributed by atoms with Crippen LogP contribution in [0.2, 0.25) is 0 Å². The van der Waals surface area contributed by atoms with Gasteiger partial charge in [-0.25, -0.2) is 4.39 Å². The zero-order valence-corrected chi connectivity index (χ0v) is 12.4. The monoisotopic (exact) mass is 332 g/mol. The fourth-order valence-corrected chi connectivity index (χ4v) is 2.30. The molecule has 1 amide bonds. The number of carbonyl (C=O) groups is 1. The summed E-state index contributed by atoms with van der Waals surface area (Å²) in [5.41, 5.74) is 5.64. The van der Waals surface area contributed by atoms with Gasteiger partial charge in [0.1, 0.15) is 5.82 Å². The van der Waals surface area contributed by atoms with Crippen LogP contribution < -0.4 is 11.1 Å². The van der Waals surface area contributed by atoms with Gasteiger partial charge in [-0.15, -0.1) is 0 Å². The van der Waals surface area contributed by atoms with E-state index in [0.29, 0.717) is 4.47 Å². The van der Waals surface area contributed by atoms with Crippen molar-refractivity contribution in [2.45, 2.75) is 13.8 Å². The molecule has 0 aliphatic rings. The molecule has 0 saturated carbocycles. The summed E-state index contributed by atoms with van der Waals surface area (Å²) in [4.78, 5) is 12.1. The van der Waals surface area contributed by atoms with Crippen LogP contribution in [0.5, 0.6) is 0 Å². The van der Waals surface area contributed by atoms with Gasteiger partial charge in [0.15, 0.2) is 0 Å². The lowest BCUT2D eigenvalue weighted by Gasteiger charge is -2.19. The number of thiocarbonyl (C=S) groups is 1. The Balaban J connectivity index is 2.92. The third-order valence-corrected chi connectivity index (χ3v) is 3.19. The highest BCUT2D eigenvalue weighted by molar-refractivity contribution is 9.10. The topological polar surface area (TPSA) is 55.1 Å². The van der Waals surface area contributed by atoms with Gasteiger partial charge in [-0.1, -0.05) is 42.0 Å². The molecule has 98 valence electrons. The van der Waals surface area contributed by atoms with Crippen LogP contribution in [0.1, 0.15) is 13.8 Å². The van der Waals surface area contributed by atoms with Gasteiger partial charge in [-0.05, 0) is 24.1 Å². The second kappa shape index (κ2) is 6.24. The predicted molar refractivity (Wildman–Crippen MR) is 77.8 cm³/mol. The summed E-state index contributed by atoms with van der Waals surface area (Å²) in [6.07, 6.45) is 0. The summed E-state index contributed by atoms with van der Waals surface area (Å²) in [7, 11) is 0. The number of nitrogens with one attached hydrogen (secondary N) is 1. The minimum Gasteiger partial charge on any atom is -0.393 e. The van der Waals surface area contributed by atoms with Gasteiger partial charge in [0.25, 0.3) is 0 Å². The molecule has 0 radical (unpaired) electrons. The minimum atomic E-state index is -0.613. The van der Waals surface area contributed by atoms with Crippen LogP contribution >= 0.6 is 28.1 Å². The molecular formula is C12H14BrFN2OS. The second-order valence-corrected chi connectivity index (χ2v) is 5.62. The highest BCUT2D eigenvalue weighted by Gasteiger charge is 2.25. The van der Waals surface area contributed by atoms with Crippen molar-refractivity contribution in [2.24, 2.45) is 17.6 Å². The molecule has 3 N–H and O–H groups in total. The van der Waals surface area contributed by atoms with Crippen molar-refractivity contribution < 1.29 is 9.18 Å². The van der Waals surface area contributed by atoms with Crippen molar-refractivity contribution in [3.63, 3.8) is 0 Å². The molecule has 1 rings (SSSR count). The number of halogens is 2. The maximum atomic E-state index is 13.5. The van der Waals surface area contributed by atoms with E-state index in [9.17, 15) is 9.18 Å². The van der Waals surface area contributed by atoms with E-state index in [1.165, 1.54) is 12.1 Å². The van der Waals surface area contributed by atoms with E-state index < -0.39 is 17.6 Å². The number of carbonyl (C=O) groups excluding carboxylic acids is 1. The van der Waals surface area contributed by atoms with Crippen LogP contribution in [-0.4, -0.2) is 10.9 Å². The lowest BCUT2D eigenvalue weighted by Crippen LogP contribution is -2.36. The van der Waals surface area contributed by atoms with Crippen molar-refractivity contribution in [3.05, 3.63) is 28.5 Å². The van der Waals surface area contributed by atoms with E-state index in [-0.39, 0.29) is 16.6 Å². The first-order chi connectivity index (χ1) is 8.32. The number of hydrogen-bond donors (Lipinski definition) is 2. The summed E-state index contributed by atoms with van der Waals surface area (Å²) in [6.45, 7) is 3.67. The molecule has 1 aromatic rings. The molecule has 0 saturated heterocycles. The molecule has 0 fully saturated rings. The first-order valence-corrected chi connectivity index (χ1v) is 6.58. The van der Waals surface area contributed by atoms with Crippen molar-refractivity contribution >= 4 is 44.7 Å². The average Bonchev–Trinajstić information content (AvgIpc) is 2.22. The zero-order chi connectivity index (χ0) is 13.9. The zero-order valence-electron chi connectivity index (χ0n) is 10.0. The number of nitrogens with two attached hydrogens (primary N) is 1. The first kappa shape index (κ1) is 15.0. The standard InChI is InChI=1S/C12H14BrFN2OS/c1-6(2)10(11(15)18)12(17)16-9-5-7(13)3-4-8(9)14/h3-6,10H,1-2H3,(H2,15,18)(H,16,17). The number of rotatable bonds is 4. The summed E-state index contributed by atoms with van der Waals surface area (Å²) < 4.78 is 14.2. The van der Waals surface area contributed by atoms with E-state index in [1.54, 1.807) is 6.07 Å². The van der Waals surface area contributed by atoms with Crippen LogP contribution in [-0.2, 0) is 4.79 Å². The van der Waals surface area contributed by atoms with Crippen LogP contribution in [0.4, 0.5) is 10.1 Å². The van der Waals surface area contributed by atoms with Crippen LogP contribution in [0.25, 0.3) is 0 Å². The first-order valence-electron chi connectivity index (χ1n) is 5.38. The van der Waals surface area contributed by atoms with Gasteiger partial charge in [0, 0.05) is 4.47 Å². The van der Waals surface area contributed by atoms with E-state index in [4.69, 9.17) is 18.0 Å². The Morgan fingerprint density at radius 2 is 2.11 bits per heavy atom. The van der Waals surface area contributed by atoms with Gasteiger partial charge in [-0.2, -0.15) is 0 Å². The van der Waals surface area contributed by atoms with E-state index in [1.807, 2.05) is 13.8 Å². The van der Waals surface area contributed by atoms with Crippen molar-refractivity contribution in [1.29, 1.82) is 0 Å². The number of benzene rings is 1. The number of hydrogen-bond acceptors (Lipinski definition) is 2. The molecule has 0 aliphatic heterocycles. The highest BCUT2D eigenvalue weighted by atomic mass is 79.9. The van der Waals surface area contributed by atoms with Gasteiger partial charge >= 0.3 is 0 Å². The van der Waals surface area contributed by atoms with Crippen molar-refractivity contribution in [2.75, 3.05) is 5.32 Å². The SMILES string of the molecule is CC(C)C(C(=O)Nc1cc(Br)ccc1F)C(N)=S. The van der Waals surface area contributed by atoms with Gasteiger partial charge in [-0.3, -0.25) is 4.79 Å². The van der Waals surface area contributed by atoms with Crippen LogP contribution in [0, 0.1) is 17.7 Å². The van der Waals surface area contributed by atoms with Crippen molar-refractivity contribution in [3.8, 4) is 0 Å². The third kappa shape index (κ3) is 3.74. The maximum absolute atomic E-state index is 13.5. The third-order valence-electron chi connectivity index (χ3n) is 2.44. The molecule has 18 heavy (non-hydrogen) atoms. The lowest BCUT2D eigenvalue weighted by atomic mass is 9.95. The molecule has 0 bridgehead atoms. The van der Waals surface area contributed by atoms with Crippen LogP contribution in [0.3, 0.4) is 0 Å². The Morgan fingerprint density at radius 3 is 2.61 bits per heavy atom. The molecule has 1 atom stereocenters. The van der Waals surface area contributed by atoms with E-state index >= 15 is 0 Å². The molecule has 0 aromatic heterocycles. The quantitative estimate of drug-likeness (QED) is 0.833. The largest absolute Gasteiger partial charge is 0.393 e. The molecule has 0 spiro atoms. The highest BCUT2D eigenvalue weighted by Crippen LogP contribution is 2.22. The minimum absolute atomic E-state index is 0.0438. The van der Waals surface area contributed by atoms with E-state index in [2.05, 4.69) is 21.2 Å². The molecule has 0 heterocycles. The molecule has 0 aliphatic carbocycles. The van der Waals surface area contributed by atoms with E-state index in [0.717, 1.165) is 0 Å². The van der Waals surface area contributed by atoms with Crippen molar-refractivity contribution in [1.82, 2.24) is 0 Å². The Hall–Kier alpha value is -1.01. The Morgan fingerprint density at radius 1 is 1.50 bits per heavy atom. The Labute approximate surface area is 119 Å². The average molecular weight is 333 g/mol. The predicted octanol–water partition coefficient (Wildman–Crippen LogP) is 3.08. The maximum Gasteiger partial charge on any atom is 0.234 e. The number of amides is 1. The molecule has 3 nitrogen and oxygen atoms in total. The lowest BCUT2D eigenvalue weighted by molar-refractivity contribution is -0.118. The Kier molecular flexibility index (Phi) is 5.22. The second-order valence-electron chi connectivity index (χ2n) is 4.24. The molecule has 1 unspecified atom stereocenters. The Bertz CT molecular complexity index is 479. The summed E-state index contributed by atoms with van der Waals surface area (Å²) in [6, 6.07) is 4.31. The van der Waals surface area contributed by atoms with Gasteiger partial charge < -0.3 is 11.1 Å². The summed E-state index contributed by atoms with van der Waals surface area (Å²) >= 11 is 8.07. The number of anilines is 1. The molecule has 6 heteroatoms. The summed E-state index contributed by atoms with van der Waals surface area (Å²) in [5, 5.41) is 2.50. The summed E-state index contributed by atoms with van der Waals surface area (Å²) in [5.74, 6) is -1.55. The fourth-order valence-electron chi connectivity index (χ4n) is 1.56. The smallest absolute Gasteiger partial charge is 0.234 e. The fraction of sp³-hybridized carbons (Fsp3) is 0.333.